The molecule has 3 rings (SSSR count). The topological polar surface area (TPSA) is 54.0 Å². The van der Waals surface area contributed by atoms with Crippen molar-refractivity contribution < 1.29 is 31.1 Å². The Labute approximate surface area is 162 Å². The predicted molar refractivity (Wildman–Crippen MR) is 93.0 cm³/mol. The third-order valence-corrected chi connectivity index (χ3v) is 4.60. The summed E-state index contributed by atoms with van der Waals surface area (Å²) in [4.78, 5) is 16.2. The van der Waals surface area contributed by atoms with Crippen LogP contribution in [0.15, 0.2) is 36.7 Å². The summed E-state index contributed by atoms with van der Waals surface area (Å²) in [6.07, 6.45) is -6.11. The van der Waals surface area contributed by atoms with Crippen LogP contribution < -0.4 is 10.6 Å². The average molecular weight is 417 g/mol. The number of rotatable bonds is 3. The minimum absolute atomic E-state index is 0.0143. The monoisotopic (exact) mass is 417 g/mol. The minimum Gasteiger partial charge on any atom is -0.349 e. The van der Waals surface area contributed by atoms with Crippen LogP contribution in [0.3, 0.4) is 0 Å². The number of alkyl halides is 6. The number of amides is 1. The Hall–Kier alpha value is -2.62. The van der Waals surface area contributed by atoms with Crippen LogP contribution >= 0.6 is 0 Å². The molecule has 0 saturated carbocycles. The summed E-state index contributed by atoms with van der Waals surface area (Å²) in [7, 11) is 0. The van der Waals surface area contributed by atoms with Gasteiger partial charge in [0.25, 0.3) is 5.91 Å². The molecule has 2 heterocycles. The second-order valence-corrected chi connectivity index (χ2v) is 6.75. The van der Waals surface area contributed by atoms with Crippen molar-refractivity contribution in [1.29, 1.82) is 0 Å². The van der Waals surface area contributed by atoms with Crippen molar-refractivity contribution >= 4 is 5.91 Å². The lowest BCUT2D eigenvalue weighted by molar-refractivity contribution is -0.143. The van der Waals surface area contributed by atoms with Gasteiger partial charge in [0.2, 0.25) is 0 Å². The fourth-order valence-electron chi connectivity index (χ4n) is 3.08. The van der Waals surface area contributed by atoms with E-state index in [2.05, 4.69) is 15.6 Å². The molecule has 2 aromatic rings. The Balaban J connectivity index is 1.94. The molecular weight excluding hydrogens is 400 g/mol. The number of piperidine rings is 1. The lowest BCUT2D eigenvalue weighted by Gasteiger charge is -2.23. The second-order valence-electron chi connectivity index (χ2n) is 6.75. The first kappa shape index (κ1) is 21.1. The van der Waals surface area contributed by atoms with E-state index in [1.165, 1.54) is 12.3 Å². The maximum Gasteiger partial charge on any atom is 0.416 e. The summed E-state index contributed by atoms with van der Waals surface area (Å²) in [6.45, 7) is 1.49. The van der Waals surface area contributed by atoms with E-state index in [4.69, 9.17) is 0 Å². The van der Waals surface area contributed by atoms with Gasteiger partial charge in [-0.3, -0.25) is 9.78 Å². The maximum absolute atomic E-state index is 13.1. The van der Waals surface area contributed by atoms with Gasteiger partial charge in [-0.2, -0.15) is 26.3 Å². The van der Waals surface area contributed by atoms with Gasteiger partial charge in [0.05, 0.1) is 16.7 Å². The summed E-state index contributed by atoms with van der Waals surface area (Å²) in [6, 6.07) is 2.46. The Kier molecular flexibility index (Phi) is 5.83. The summed E-state index contributed by atoms with van der Waals surface area (Å²) < 4.78 is 78.4. The first-order chi connectivity index (χ1) is 13.5. The molecule has 4 nitrogen and oxygen atoms in total. The van der Waals surface area contributed by atoms with Crippen LogP contribution in [-0.4, -0.2) is 30.0 Å². The zero-order valence-corrected chi connectivity index (χ0v) is 15.0. The van der Waals surface area contributed by atoms with Gasteiger partial charge in [-0.1, -0.05) is 0 Å². The number of benzene rings is 1. The van der Waals surface area contributed by atoms with Gasteiger partial charge in [0.15, 0.2) is 0 Å². The summed E-state index contributed by atoms with van der Waals surface area (Å²) in [5.41, 5.74) is -3.12. The van der Waals surface area contributed by atoms with E-state index in [1.54, 1.807) is 0 Å². The highest BCUT2D eigenvalue weighted by Gasteiger charge is 2.37. The number of aromatic nitrogens is 1. The minimum atomic E-state index is -4.95. The molecule has 1 aliphatic heterocycles. The number of carbonyl (C=O) groups is 1. The van der Waals surface area contributed by atoms with Crippen LogP contribution in [0.1, 0.15) is 34.3 Å². The van der Waals surface area contributed by atoms with E-state index in [1.807, 2.05) is 0 Å². The fourth-order valence-corrected chi connectivity index (χ4v) is 3.08. The molecule has 2 N–H and O–H groups in total. The van der Waals surface area contributed by atoms with Gasteiger partial charge < -0.3 is 10.6 Å². The molecule has 1 saturated heterocycles. The third kappa shape index (κ3) is 5.26. The Morgan fingerprint density at radius 1 is 0.897 bits per heavy atom. The molecule has 1 aromatic carbocycles. The molecule has 29 heavy (non-hydrogen) atoms. The van der Waals surface area contributed by atoms with E-state index >= 15 is 0 Å². The predicted octanol–water partition coefficient (Wildman–Crippen LogP) is 4.27. The van der Waals surface area contributed by atoms with Gasteiger partial charge >= 0.3 is 12.4 Å². The second kappa shape index (κ2) is 8.02. The summed E-state index contributed by atoms with van der Waals surface area (Å²) in [5.74, 6) is -0.478. The van der Waals surface area contributed by atoms with Gasteiger partial charge in [-0.15, -0.1) is 0 Å². The summed E-state index contributed by atoms with van der Waals surface area (Å²) in [5, 5.41) is 5.95. The molecule has 10 heteroatoms. The zero-order valence-electron chi connectivity index (χ0n) is 15.0. The first-order valence-corrected chi connectivity index (χ1v) is 8.80. The number of hydrogen-bond acceptors (Lipinski definition) is 3. The van der Waals surface area contributed by atoms with Crippen molar-refractivity contribution in [2.24, 2.45) is 0 Å². The van der Waals surface area contributed by atoms with Crippen molar-refractivity contribution in [3.05, 3.63) is 53.3 Å². The highest BCUT2D eigenvalue weighted by atomic mass is 19.4. The molecule has 156 valence electrons. The van der Waals surface area contributed by atoms with Crippen LogP contribution in [-0.2, 0) is 12.4 Å². The number of carbonyl (C=O) groups excluding carboxylic acids is 1. The molecular formula is C19H17F6N3O. The van der Waals surface area contributed by atoms with Crippen LogP contribution in [0, 0.1) is 0 Å². The number of hydrogen-bond donors (Lipinski definition) is 2. The largest absolute Gasteiger partial charge is 0.416 e. The molecule has 0 radical (unpaired) electrons. The van der Waals surface area contributed by atoms with Crippen LogP contribution in [0.5, 0.6) is 0 Å². The normalized spacial score (nSPS) is 15.9. The SMILES string of the molecule is O=C(NC1CCNCC1)c1cncc(-c2cc(C(F)(F)F)cc(C(F)(F)F)c2)c1. The molecule has 1 amide bonds. The van der Waals surface area contributed by atoms with E-state index in [0.29, 0.717) is 12.1 Å². The lowest BCUT2D eigenvalue weighted by Crippen LogP contribution is -2.42. The van der Waals surface area contributed by atoms with Crippen molar-refractivity contribution in [2.75, 3.05) is 13.1 Å². The van der Waals surface area contributed by atoms with Gasteiger partial charge in [-0.05, 0) is 55.8 Å². The van der Waals surface area contributed by atoms with E-state index in [9.17, 15) is 31.1 Å². The number of halogens is 6. The molecule has 1 aromatic heterocycles. The first-order valence-electron chi connectivity index (χ1n) is 8.80. The van der Waals surface area contributed by atoms with Gasteiger partial charge in [0, 0.05) is 24.0 Å². The van der Waals surface area contributed by atoms with Gasteiger partial charge in [0.1, 0.15) is 0 Å². The molecule has 1 fully saturated rings. The third-order valence-electron chi connectivity index (χ3n) is 4.60. The highest BCUT2D eigenvalue weighted by molar-refractivity contribution is 5.95. The Morgan fingerprint density at radius 2 is 1.48 bits per heavy atom. The maximum atomic E-state index is 13.1. The molecule has 0 bridgehead atoms. The molecule has 0 atom stereocenters. The van der Waals surface area contributed by atoms with Crippen molar-refractivity contribution in [2.45, 2.75) is 31.2 Å². The smallest absolute Gasteiger partial charge is 0.349 e. The average Bonchev–Trinajstić information content (AvgIpc) is 2.67. The standard InChI is InChI=1S/C19H17F6N3O/c20-18(21,22)14-6-11(7-15(8-14)19(23,24)25)12-5-13(10-27-9-12)17(29)28-16-1-3-26-4-2-16/h5-10,16,26H,1-4H2,(H,28,29). The quantitative estimate of drug-likeness (QED) is 0.734. The van der Waals surface area contributed by atoms with Gasteiger partial charge in [-0.25, -0.2) is 0 Å². The zero-order chi connectivity index (χ0) is 21.2. The molecule has 1 aliphatic rings. The Bertz CT molecular complexity index is 856. The van der Waals surface area contributed by atoms with Crippen molar-refractivity contribution in [1.82, 2.24) is 15.6 Å². The van der Waals surface area contributed by atoms with Crippen LogP contribution in [0.4, 0.5) is 26.3 Å². The van der Waals surface area contributed by atoms with Crippen LogP contribution in [0.2, 0.25) is 0 Å². The molecule has 0 aliphatic carbocycles. The van der Waals surface area contributed by atoms with Crippen molar-refractivity contribution in [3.8, 4) is 11.1 Å². The fraction of sp³-hybridized carbons (Fsp3) is 0.368. The molecule has 0 unspecified atom stereocenters. The lowest BCUT2D eigenvalue weighted by atomic mass is 9.99. The van der Waals surface area contributed by atoms with E-state index < -0.39 is 29.4 Å². The van der Waals surface area contributed by atoms with Crippen LogP contribution in [0.25, 0.3) is 11.1 Å². The highest BCUT2D eigenvalue weighted by Crippen LogP contribution is 2.38. The summed E-state index contributed by atoms with van der Waals surface area (Å²) >= 11 is 0. The number of pyridine rings is 1. The van der Waals surface area contributed by atoms with E-state index in [-0.39, 0.29) is 28.8 Å². The Morgan fingerprint density at radius 3 is 2.03 bits per heavy atom. The molecule has 0 spiro atoms. The number of nitrogens with zero attached hydrogens (tertiary/aromatic N) is 1. The number of nitrogens with one attached hydrogen (secondary N) is 2. The van der Waals surface area contributed by atoms with E-state index in [0.717, 1.165) is 32.1 Å². The van der Waals surface area contributed by atoms with Crippen molar-refractivity contribution in [3.63, 3.8) is 0 Å².